The van der Waals surface area contributed by atoms with Gasteiger partial charge in [0.1, 0.15) is 5.92 Å². The third-order valence-corrected chi connectivity index (χ3v) is 3.76. The van der Waals surface area contributed by atoms with E-state index in [0.29, 0.717) is 13.0 Å². The molecule has 0 aromatic heterocycles. The Morgan fingerprint density at radius 3 is 2.95 bits per heavy atom. The largest absolute Gasteiger partial charge is 0.355 e. The summed E-state index contributed by atoms with van der Waals surface area (Å²) in [5, 5.41) is 11.6. The second kappa shape index (κ2) is 6.38. The van der Waals surface area contributed by atoms with E-state index >= 15 is 0 Å². The maximum Gasteiger partial charge on any atom is 0.237 e. The Kier molecular flexibility index (Phi) is 4.57. The van der Waals surface area contributed by atoms with Gasteiger partial charge < -0.3 is 5.32 Å². The lowest BCUT2D eigenvalue weighted by Gasteiger charge is -2.09. The van der Waals surface area contributed by atoms with Gasteiger partial charge in [-0.1, -0.05) is 25.1 Å². The monoisotopic (exact) mass is 256 g/mol. The zero-order valence-electron chi connectivity index (χ0n) is 11.4. The van der Waals surface area contributed by atoms with Crippen LogP contribution >= 0.6 is 0 Å². The van der Waals surface area contributed by atoms with Crippen molar-refractivity contribution in [3.63, 3.8) is 0 Å². The van der Waals surface area contributed by atoms with Crippen molar-refractivity contribution in [1.82, 2.24) is 5.32 Å². The summed E-state index contributed by atoms with van der Waals surface area (Å²) in [7, 11) is 0. The number of carbonyl (C=O) groups excluding carboxylic acids is 1. The molecule has 1 amide bonds. The third kappa shape index (κ3) is 3.35. The minimum atomic E-state index is -0.514. The summed E-state index contributed by atoms with van der Waals surface area (Å²) >= 11 is 0. The number of amides is 1. The Labute approximate surface area is 114 Å². The molecule has 1 atom stereocenters. The lowest BCUT2D eigenvalue weighted by Crippen LogP contribution is -2.31. The molecule has 0 bridgehead atoms. The lowest BCUT2D eigenvalue weighted by atomic mass is 10.0. The Morgan fingerprint density at radius 2 is 2.21 bits per heavy atom. The molecule has 0 heterocycles. The Morgan fingerprint density at radius 1 is 1.42 bits per heavy atom. The standard InChI is InChI=1S/C16H20N2O/c1-2-13(11-17)16(19)18-9-8-12-6-7-14-4-3-5-15(14)10-12/h6-7,10,13H,2-5,8-9H2,1H3,(H,18,19). The van der Waals surface area contributed by atoms with Crippen molar-refractivity contribution in [2.45, 2.75) is 39.0 Å². The maximum atomic E-state index is 11.6. The molecule has 3 nitrogen and oxygen atoms in total. The van der Waals surface area contributed by atoms with Crippen molar-refractivity contribution in [1.29, 1.82) is 5.26 Å². The van der Waals surface area contributed by atoms with Crippen LogP contribution in [0.4, 0.5) is 0 Å². The first-order valence-electron chi connectivity index (χ1n) is 7.02. The highest BCUT2D eigenvalue weighted by atomic mass is 16.1. The summed E-state index contributed by atoms with van der Waals surface area (Å²) in [5.41, 5.74) is 4.21. The van der Waals surface area contributed by atoms with Gasteiger partial charge in [-0.25, -0.2) is 0 Å². The van der Waals surface area contributed by atoms with E-state index in [9.17, 15) is 4.79 Å². The Balaban J connectivity index is 1.83. The van der Waals surface area contributed by atoms with Crippen LogP contribution < -0.4 is 5.32 Å². The average molecular weight is 256 g/mol. The highest BCUT2D eigenvalue weighted by molar-refractivity contribution is 5.80. The summed E-state index contributed by atoms with van der Waals surface area (Å²) in [6.07, 6.45) is 5.05. The van der Waals surface area contributed by atoms with E-state index in [2.05, 4.69) is 23.5 Å². The van der Waals surface area contributed by atoms with Crippen LogP contribution in [0.1, 0.15) is 36.5 Å². The number of carbonyl (C=O) groups is 1. The maximum absolute atomic E-state index is 11.6. The predicted molar refractivity (Wildman–Crippen MR) is 74.6 cm³/mol. The molecule has 0 fully saturated rings. The second-order valence-corrected chi connectivity index (χ2v) is 5.09. The molecular weight excluding hydrogens is 236 g/mol. The lowest BCUT2D eigenvalue weighted by molar-refractivity contribution is -0.123. The topological polar surface area (TPSA) is 52.9 Å². The van der Waals surface area contributed by atoms with Gasteiger partial charge in [-0.15, -0.1) is 0 Å². The molecule has 0 saturated heterocycles. The molecule has 1 unspecified atom stereocenters. The fourth-order valence-electron chi connectivity index (χ4n) is 2.57. The van der Waals surface area contributed by atoms with Crippen LogP contribution in [0.3, 0.4) is 0 Å². The van der Waals surface area contributed by atoms with Crippen molar-refractivity contribution >= 4 is 5.91 Å². The number of nitrogens with one attached hydrogen (secondary N) is 1. The molecule has 100 valence electrons. The molecule has 0 aliphatic heterocycles. The summed E-state index contributed by atoms with van der Waals surface area (Å²) in [4.78, 5) is 11.6. The van der Waals surface area contributed by atoms with Crippen LogP contribution in [0.5, 0.6) is 0 Å². The minimum absolute atomic E-state index is 0.147. The van der Waals surface area contributed by atoms with Crippen LogP contribution in [0.25, 0.3) is 0 Å². The first-order valence-corrected chi connectivity index (χ1v) is 7.02. The average Bonchev–Trinajstić information content (AvgIpc) is 2.87. The molecule has 1 aromatic carbocycles. The number of nitrogens with zero attached hydrogens (tertiary/aromatic N) is 1. The Hall–Kier alpha value is -1.82. The van der Waals surface area contributed by atoms with E-state index in [4.69, 9.17) is 5.26 Å². The van der Waals surface area contributed by atoms with Crippen molar-refractivity contribution < 1.29 is 4.79 Å². The first kappa shape index (κ1) is 13.6. The number of aryl methyl sites for hydroxylation is 2. The molecule has 1 N–H and O–H groups in total. The van der Waals surface area contributed by atoms with Crippen molar-refractivity contribution in [2.75, 3.05) is 6.54 Å². The molecular formula is C16H20N2O. The van der Waals surface area contributed by atoms with Crippen LogP contribution in [-0.4, -0.2) is 12.5 Å². The number of rotatable bonds is 5. The summed E-state index contributed by atoms with van der Waals surface area (Å²) in [6, 6.07) is 8.64. The number of nitriles is 1. The van der Waals surface area contributed by atoms with Gasteiger partial charge >= 0.3 is 0 Å². The van der Waals surface area contributed by atoms with Gasteiger partial charge in [0.25, 0.3) is 0 Å². The highest BCUT2D eigenvalue weighted by Crippen LogP contribution is 2.22. The normalized spacial score (nSPS) is 14.5. The van der Waals surface area contributed by atoms with Gasteiger partial charge in [-0.2, -0.15) is 5.26 Å². The quantitative estimate of drug-likeness (QED) is 0.879. The SMILES string of the molecule is CCC(C#N)C(=O)NCCc1ccc2c(c1)CCC2. The van der Waals surface area contributed by atoms with E-state index in [1.807, 2.05) is 13.0 Å². The van der Waals surface area contributed by atoms with Crippen molar-refractivity contribution in [2.24, 2.45) is 5.92 Å². The molecule has 1 aliphatic rings. The molecule has 0 saturated carbocycles. The van der Waals surface area contributed by atoms with Crippen molar-refractivity contribution in [3.8, 4) is 6.07 Å². The molecule has 0 radical (unpaired) electrons. The van der Waals surface area contributed by atoms with Crippen LogP contribution in [-0.2, 0) is 24.1 Å². The van der Waals surface area contributed by atoms with Gasteiger partial charge in [-0.05, 0) is 48.8 Å². The van der Waals surface area contributed by atoms with E-state index < -0.39 is 5.92 Å². The Bertz CT molecular complexity index is 502. The second-order valence-electron chi connectivity index (χ2n) is 5.09. The van der Waals surface area contributed by atoms with Gasteiger partial charge in [0.05, 0.1) is 6.07 Å². The zero-order valence-corrected chi connectivity index (χ0v) is 11.4. The molecule has 1 aromatic rings. The van der Waals surface area contributed by atoms with Crippen LogP contribution in [0.15, 0.2) is 18.2 Å². The summed E-state index contributed by atoms with van der Waals surface area (Å²) in [6.45, 7) is 2.46. The number of hydrogen-bond donors (Lipinski definition) is 1. The van der Waals surface area contributed by atoms with E-state index in [1.165, 1.54) is 36.0 Å². The summed E-state index contributed by atoms with van der Waals surface area (Å²) < 4.78 is 0. The number of benzene rings is 1. The number of fused-ring (bicyclic) bond motifs is 1. The minimum Gasteiger partial charge on any atom is -0.355 e. The fraction of sp³-hybridized carbons (Fsp3) is 0.500. The smallest absolute Gasteiger partial charge is 0.237 e. The number of hydrogen-bond acceptors (Lipinski definition) is 2. The van der Waals surface area contributed by atoms with E-state index in [1.54, 1.807) is 0 Å². The molecule has 2 rings (SSSR count). The predicted octanol–water partition coefficient (Wildman–Crippen LogP) is 2.38. The van der Waals surface area contributed by atoms with E-state index in [-0.39, 0.29) is 5.91 Å². The van der Waals surface area contributed by atoms with Crippen LogP contribution in [0.2, 0.25) is 0 Å². The third-order valence-electron chi connectivity index (χ3n) is 3.76. The molecule has 1 aliphatic carbocycles. The molecule has 19 heavy (non-hydrogen) atoms. The molecule has 0 spiro atoms. The van der Waals surface area contributed by atoms with Crippen LogP contribution in [0, 0.1) is 17.2 Å². The van der Waals surface area contributed by atoms with E-state index in [0.717, 1.165) is 6.42 Å². The zero-order chi connectivity index (χ0) is 13.7. The summed E-state index contributed by atoms with van der Waals surface area (Å²) in [5.74, 6) is -0.661. The van der Waals surface area contributed by atoms with Gasteiger partial charge in [-0.3, -0.25) is 4.79 Å². The van der Waals surface area contributed by atoms with Crippen molar-refractivity contribution in [3.05, 3.63) is 34.9 Å². The van der Waals surface area contributed by atoms with Gasteiger partial charge in [0.2, 0.25) is 5.91 Å². The first-order chi connectivity index (χ1) is 9.24. The fourth-order valence-corrected chi connectivity index (χ4v) is 2.57. The van der Waals surface area contributed by atoms with Gasteiger partial charge in [0, 0.05) is 6.54 Å². The highest BCUT2D eigenvalue weighted by Gasteiger charge is 2.14. The molecule has 3 heteroatoms. The van der Waals surface area contributed by atoms with Gasteiger partial charge in [0.15, 0.2) is 0 Å².